The first-order valence-electron chi connectivity index (χ1n) is 28.5. The number of ether oxygens (including phenoxy) is 1. The summed E-state index contributed by atoms with van der Waals surface area (Å²) in [6.07, 6.45) is 11.3. The Hall–Kier alpha value is -8.10. The molecule has 442 valence electrons. The Kier molecular flexibility index (Phi) is 21.3. The second kappa shape index (κ2) is 28.9. The molecule has 1 fully saturated rings. The molecule has 5 N–H and O–H groups in total. The first kappa shape index (κ1) is 62.0. The minimum absolute atomic E-state index is 0.00148. The fourth-order valence-corrected chi connectivity index (χ4v) is 12.3. The minimum Gasteiger partial charge on any atom is -0.508 e. The topological polar surface area (TPSA) is 252 Å². The Morgan fingerprint density at radius 1 is 0.702 bits per heavy atom. The Bertz CT molecular complexity index is 4050. The van der Waals surface area contributed by atoms with Crippen molar-refractivity contribution in [1.29, 1.82) is 0 Å². The van der Waals surface area contributed by atoms with Gasteiger partial charge in [0.15, 0.2) is 0 Å². The van der Waals surface area contributed by atoms with E-state index in [0.29, 0.717) is 83.3 Å². The van der Waals surface area contributed by atoms with Crippen LogP contribution in [0.25, 0.3) is 43.5 Å². The van der Waals surface area contributed by atoms with E-state index in [-0.39, 0.29) is 34.1 Å². The number of unbranched alkanes of at least 4 members (excludes halogenated alkanes) is 6. The molecule has 1 saturated heterocycles. The van der Waals surface area contributed by atoms with Crippen LogP contribution in [0.15, 0.2) is 142 Å². The average Bonchev–Trinajstić information content (AvgIpc) is 2.73. The second-order valence-corrected chi connectivity index (χ2v) is 23.7. The van der Waals surface area contributed by atoms with E-state index in [1.807, 2.05) is 86.0 Å². The molecular weight excluding hydrogens is 1110 g/mol. The van der Waals surface area contributed by atoms with Crippen LogP contribution in [0.3, 0.4) is 0 Å². The summed E-state index contributed by atoms with van der Waals surface area (Å²) in [5.41, 5.74) is 12.1. The predicted octanol–water partition coefficient (Wildman–Crippen LogP) is 12.4. The molecule has 0 unspecified atom stereocenters. The molecule has 9 aromatic rings. The Morgan fingerprint density at radius 3 is 1.92 bits per heavy atom. The minimum atomic E-state index is -3.37. The maximum absolute atomic E-state index is 12.8. The van der Waals surface area contributed by atoms with Gasteiger partial charge in [-0.3, -0.25) is 9.69 Å². The Morgan fingerprint density at radius 2 is 1.31 bits per heavy atom. The van der Waals surface area contributed by atoms with E-state index in [1.165, 1.54) is 42.7 Å². The SMILES string of the molecule is CCCCCCc1cc2cc(-c3nc(C)cs3)c(=O)oc2cc1O.CCCCCCc1cc2cc(C(N)=O)c(=Nc3ccccc3OC)oc2cc1O.CCc1cc2c(CN3CCN(S(=O)(=O)Cc4ccccc4)CC3)cc(=O)oc2cc1O. The third kappa shape index (κ3) is 16.0. The highest BCUT2D eigenvalue weighted by atomic mass is 32.2. The number of nitrogens with zero attached hydrogens (tertiary/aromatic N) is 4. The van der Waals surface area contributed by atoms with Gasteiger partial charge in [-0.25, -0.2) is 28.0 Å². The summed E-state index contributed by atoms with van der Waals surface area (Å²) in [6, 6.07) is 31.5. The first-order valence-corrected chi connectivity index (χ1v) is 31.0. The maximum Gasteiger partial charge on any atom is 0.346 e. The third-order valence-electron chi connectivity index (χ3n) is 14.6. The van der Waals surface area contributed by atoms with Crippen LogP contribution in [0.1, 0.15) is 116 Å². The number of methoxy groups -OCH3 is 1. The van der Waals surface area contributed by atoms with Crippen molar-refractivity contribution in [3.8, 4) is 33.6 Å². The summed E-state index contributed by atoms with van der Waals surface area (Å²) in [6.45, 7) is 10.7. The molecule has 0 saturated carbocycles. The predicted molar refractivity (Wildman–Crippen MR) is 330 cm³/mol. The van der Waals surface area contributed by atoms with Crippen LogP contribution in [0.2, 0.25) is 0 Å². The number of para-hydroxylation sites is 2. The fourth-order valence-electron chi connectivity index (χ4n) is 10.0. The number of sulfonamides is 1. The fraction of sp³-hybridized carbons (Fsp3) is 0.338. The smallest absolute Gasteiger partial charge is 0.346 e. The number of hydrogen-bond acceptors (Lipinski definition) is 16. The molecule has 5 heterocycles. The largest absolute Gasteiger partial charge is 0.508 e. The molecule has 0 atom stereocenters. The van der Waals surface area contributed by atoms with Crippen LogP contribution in [-0.4, -0.2) is 77.1 Å². The number of rotatable bonds is 20. The molecule has 1 aliphatic rings. The van der Waals surface area contributed by atoms with E-state index in [0.717, 1.165) is 89.2 Å². The van der Waals surface area contributed by atoms with Gasteiger partial charge in [0.1, 0.15) is 56.0 Å². The lowest BCUT2D eigenvalue weighted by Gasteiger charge is -2.34. The van der Waals surface area contributed by atoms with Gasteiger partial charge in [-0.05, 0) is 109 Å². The molecule has 1 amide bonds. The van der Waals surface area contributed by atoms with Crippen LogP contribution in [-0.2, 0) is 41.6 Å². The standard InChI is InChI=1S/C23H26N2O5S.C23H26N2O4.C19H21NO3S/c1-2-18-12-20-19(13-23(27)30-22(20)14-21(18)26)15-24-8-10-25(11-9-24)31(28,29)16-17-6-4-3-5-7-17;1-3-4-5-6-9-15-12-16-13-17(22(24)27)23(29-21(16)14-19(15)26)25-18-10-7-8-11-20(18)28-2;1-3-4-5-6-7-13-8-14-9-15(18-20-12(2)11-24-18)19(22)23-17(14)10-16(13)21/h3-7,12-14,26H,2,8-11,15-16H2,1H3;7-8,10-14,26H,3-6,9H2,1-2H3,(H2,24,27);8-11,21H,3-7H2,1-2H3. The molecule has 1 aliphatic heterocycles. The molecule has 17 nitrogen and oxygen atoms in total. The Labute approximate surface area is 492 Å². The molecule has 84 heavy (non-hydrogen) atoms. The number of hydrogen-bond donors (Lipinski definition) is 4. The van der Waals surface area contributed by atoms with Gasteiger partial charge in [0.25, 0.3) is 5.91 Å². The number of aromatic nitrogens is 1. The van der Waals surface area contributed by atoms with E-state index in [4.69, 9.17) is 23.7 Å². The van der Waals surface area contributed by atoms with Crippen molar-refractivity contribution < 1.29 is 46.5 Å². The van der Waals surface area contributed by atoms with Gasteiger partial charge < -0.3 is 39.0 Å². The summed E-state index contributed by atoms with van der Waals surface area (Å²) in [5.74, 6) is 0.396. The summed E-state index contributed by atoms with van der Waals surface area (Å²) in [7, 11) is -1.83. The number of thiazole rings is 1. The van der Waals surface area contributed by atoms with Gasteiger partial charge >= 0.3 is 11.3 Å². The van der Waals surface area contributed by atoms with Crippen molar-refractivity contribution in [2.75, 3.05) is 33.3 Å². The number of aromatic hydroxyl groups is 3. The van der Waals surface area contributed by atoms with Gasteiger partial charge in [-0.15, -0.1) is 11.3 Å². The number of primary amides is 1. The number of amides is 1. The lowest BCUT2D eigenvalue weighted by molar-refractivity contribution is 0.0996. The normalized spacial score (nSPS) is 13.2. The summed E-state index contributed by atoms with van der Waals surface area (Å²) in [5, 5.41) is 35.6. The zero-order chi connectivity index (χ0) is 59.9. The molecule has 0 aliphatic carbocycles. The molecule has 19 heteroatoms. The third-order valence-corrected chi connectivity index (χ3v) is 17.5. The molecule has 5 aromatic carbocycles. The van der Waals surface area contributed by atoms with E-state index in [2.05, 4.69) is 28.7 Å². The van der Waals surface area contributed by atoms with E-state index < -0.39 is 27.2 Å². The van der Waals surface area contributed by atoms with E-state index in [1.54, 1.807) is 41.7 Å². The first-order chi connectivity index (χ1) is 40.5. The number of phenolic OH excluding ortho intramolecular Hbond substituents is 3. The van der Waals surface area contributed by atoms with Gasteiger partial charge in [-0.1, -0.05) is 102 Å². The summed E-state index contributed by atoms with van der Waals surface area (Å²) in [4.78, 5) is 47.2. The van der Waals surface area contributed by atoms with E-state index in [9.17, 15) is 38.1 Å². The Balaban J connectivity index is 0.000000166. The van der Waals surface area contributed by atoms with Gasteiger partial charge in [0.05, 0.1) is 18.4 Å². The van der Waals surface area contributed by atoms with Crippen LogP contribution < -0.4 is 27.3 Å². The summed E-state index contributed by atoms with van der Waals surface area (Å²) >= 11 is 1.43. The number of fused-ring (bicyclic) bond motifs is 3. The lowest BCUT2D eigenvalue weighted by atomic mass is 10.0. The zero-order valence-electron chi connectivity index (χ0n) is 48.2. The summed E-state index contributed by atoms with van der Waals surface area (Å²) < 4.78 is 48.9. The van der Waals surface area contributed by atoms with Gasteiger partial charge in [-0.2, -0.15) is 4.31 Å². The van der Waals surface area contributed by atoms with Crippen molar-refractivity contribution in [2.24, 2.45) is 10.7 Å². The number of carbonyl (C=O) groups excluding carboxylic acids is 1. The van der Waals surface area contributed by atoms with E-state index >= 15 is 0 Å². The number of benzene rings is 5. The molecule has 10 rings (SSSR count). The van der Waals surface area contributed by atoms with Crippen molar-refractivity contribution in [3.05, 3.63) is 180 Å². The highest BCUT2D eigenvalue weighted by molar-refractivity contribution is 7.88. The number of nitrogens with two attached hydrogens (primary N) is 1. The van der Waals surface area contributed by atoms with Crippen LogP contribution in [0, 0.1) is 6.92 Å². The molecule has 0 spiro atoms. The van der Waals surface area contributed by atoms with Gasteiger partial charge in [0, 0.05) is 84.2 Å². The molecule has 0 radical (unpaired) electrons. The number of aryl methyl sites for hydroxylation is 4. The number of phenols is 3. The van der Waals surface area contributed by atoms with Crippen molar-refractivity contribution >= 4 is 65.9 Å². The van der Waals surface area contributed by atoms with Crippen LogP contribution in [0.5, 0.6) is 23.0 Å². The highest BCUT2D eigenvalue weighted by Crippen LogP contribution is 2.32. The quantitative estimate of drug-likeness (QED) is 0.0409. The van der Waals surface area contributed by atoms with Crippen molar-refractivity contribution in [2.45, 2.75) is 111 Å². The average molecular weight is 1180 g/mol. The molecule has 4 aromatic heterocycles. The van der Waals surface area contributed by atoms with Crippen molar-refractivity contribution in [1.82, 2.24) is 14.2 Å². The zero-order valence-corrected chi connectivity index (χ0v) is 49.8. The molecular formula is C65H73N5O12S2. The second-order valence-electron chi connectivity index (χ2n) is 20.9. The monoisotopic (exact) mass is 1180 g/mol. The number of carbonyl (C=O) groups is 1. The van der Waals surface area contributed by atoms with Gasteiger partial charge in [0.2, 0.25) is 15.6 Å². The number of piperazine rings is 1. The van der Waals surface area contributed by atoms with Crippen molar-refractivity contribution in [3.63, 3.8) is 0 Å². The lowest BCUT2D eigenvalue weighted by Crippen LogP contribution is -2.48. The highest BCUT2D eigenvalue weighted by Gasteiger charge is 2.28. The maximum atomic E-state index is 12.8. The van der Waals surface area contributed by atoms with Crippen LogP contribution in [0.4, 0.5) is 5.69 Å². The molecule has 0 bridgehead atoms. The van der Waals surface area contributed by atoms with Crippen LogP contribution >= 0.6 is 11.3 Å².